The number of aryl methyl sites for hydroxylation is 1. The summed E-state index contributed by atoms with van der Waals surface area (Å²) in [7, 11) is 2.07. The molecule has 0 amide bonds. The summed E-state index contributed by atoms with van der Waals surface area (Å²) in [6, 6.07) is 8.35. The van der Waals surface area contributed by atoms with Gasteiger partial charge in [-0.2, -0.15) is 0 Å². The molecular formula is C16H23BrN2. The topological polar surface area (TPSA) is 15.3 Å². The minimum atomic E-state index is 0.756. The summed E-state index contributed by atoms with van der Waals surface area (Å²) in [6.45, 7) is 3.33. The Morgan fingerprint density at radius 1 is 1.26 bits per heavy atom. The summed E-state index contributed by atoms with van der Waals surface area (Å²) in [4.78, 5) is 2.69. The van der Waals surface area contributed by atoms with Crippen LogP contribution < -0.4 is 10.2 Å². The Labute approximate surface area is 124 Å². The van der Waals surface area contributed by atoms with Crippen molar-refractivity contribution in [3.05, 3.63) is 28.2 Å². The number of nitrogens with one attached hydrogen (secondary N) is 1. The zero-order valence-electron chi connectivity index (χ0n) is 11.8. The minimum Gasteiger partial charge on any atom is -0.366 e. The van der Waals surface area contributed by atoms with E-state index in [-0.39, 0.29) is 0 Å². The van der Waals surface area contributed by atoms with Crippen LogP contribution in [0, 0.1) is 12.8 Å². The summed E-state index contributed by atoms with van der Waals surface area (Å²) in [6.07, 6.45) is 5.44. The van der Waals surface area contributed by atoms with Crippen LogP contribution in [0.5, 0.6) is 0 Å². The average molecular weight is 323 g/mol. The molecular weight excluding hydrogens is 300 g/mol. The normalized spacial score (nSPS) is 29.8. The van der Waals surface area contributed by atoms with Crippen LogP contribution in [-0.2, 0) is 0 Å². The number of benzene rings is 1. The first-order chi connectivity index (χ1) is 9.19. The van der Waals surface area contributed by atoms with Crippen LogP contribution in [0.2, 0.25) is 0 Å². The monoisotopic (exact) mass is 322 g/mol. The van der Waals surface area contributed by atoms with Crippen molar-refractivity contribution in [2.24, 2.45) is 5.92 Å². The van der Waals surface area contributed by atoms with E-state index < -0.39 is 0 Å². The van der Waals surface area contributed by atoms with Gasteiger partial charge in [-0.3, -0.25) is 0 Å². The second-order valence-corrected chi connectivity index (χ2v) is 6.98. The Bertz CT molecular complexity index is 446. The van der Waals surface area contributed by atoms with Crippen LogP contribution >= 0.6 is 15.9 Å². The summed E-state index contributed by atoms with van der Waals surface area (Å²) in [5, 5.41) is 3.35. The summed E-state index contributed by atoms with van der Waals surface area (Å²) < 4.78 is 1.24. The minimum absolute atomic E-state index is 0.756. The van der Waals surface area contributed by atoms with E-state index in [2.05, 4.69) is 58.3 Å². The lowest BCUT2D eigenvalue weighted by atomic mass is 9.90. The molecule has 1 aromatic rings. The number of rotatable bonds is 3. The molecule has 2 unspecified atom stereocenters. The van der Waals surface area contributed by atoms with Crippen LogP contribution in [0.15, 0.2) is 22.7 Å². The molecule has 0 spiro atoms. The zero-order chi connectivity index (χ0) is 13.4. The molecule has 2 heterocycles. The van der Waals surface area contributed by atoms with E-state index >= 15 is 0 Å². The molecule has 2 aliphatic rings. The van der Waals surface area contributed by atoms with Crippen molar-refractivity contribution in [2.45, 2.75) is 44.7 Å². The van der Waals surface area contributed by atoms with Crippen molar-refractivity contribution in [3.8, 4) is 0 Å². The fourth-order valence-electron chi connectivity index (χ4n) is 3.91. The lowest BCUT2D eigenvalue weighted by molar-refractivity contribution is 0.333. The van der Waals surface area contributed by atoms with Crippen LogP contribution in [-0.4, -0.2) is 25.7 Å². The molecule has 2 fully saturated rings. The number of hydrogen-bond donors (Lipinski definition) is 1. The first kappa shape index (κ1) is 13.4. The predicted octanol–water partition coefficient (Wildman–Crippen LogP) is 3.72. The molecule has 3 heteroatoms. The Balaban J connectivity index is 1.81. The van der Waals surface area contributed by atoms with E-state index in [9.17, 15) is 0 Å². The molecule has 2 aliphatic heterocycles. The van der Waals surface area contributed by atoms with E-state index in [4.69, 9.17) is 0 Å². The highest BCUT2D eigenvalue weighted by Crippen LogP contribution is 2.42. The maximum Gasteiger partial charge on any atom is 0.0382 e. The molecule has 3 rings (SSSR count). The van der Waals surface area contributed by atoms with E-state index in [0.717, 1.165) is 18.0 Å². The Morgan fingerprint density at radius 3 is 2.53 bits per heavy atom. The smallest absolute Gasteiger partial charge is 0.0382 e. The van der Waals surface area contributed by atoms with Gasteiger partial charge >= 0.3 is 0 Å². The molecule has 0 radical (unpaired) electrons. The lowest BCUT2D eigenvalue weighted by Crippen LogP contribution is -2.44. The third-order valence-electron chi connectivity index (χ3n) is 4.78. The molecule has 2 bridgehead atoms. The summed E-state index contributed by atoms with van der Waals surface area (Å²) in [5.41, 5.74) is 2.73. The number of fused-ring (bicyclic) bond motifs is 2. The zero-order valence-corrected chi connectivity index (χ0v) is 13.4. The average Bonchev–Trinajstić information content (AvgIpc) is 2.65. The van der Waals surface area contributed by atoms with Gasteiger partial charge in [0.15, 0.2) is 0 Å². The molecule has 1 N–H and O–H groups in total. The summed E-state index contributed by atoms with van der Waals surface area (Å²) in [5.74, 6) is 0.868. The number of nitrogens with zero attached hydrogens (tertiary/aromatic N) is 1. The molecule has 2 nitrogen and oxygen atoms in total. The second kappa shape index (κ2) is 5.45. The van der Waals surface area contributed by atoms with Crippen molar-refractivity contribution in [1.29, 1.82) is 0 Å². The van der Waals surface area contributed by atoms with Crippen LogP contribution in [0.1, 0.15) is 31.2 Å². The van der Waals surface area contributed by atoms with E-state index in [1.807, 2.05) is 0 Å². The van der Waals surface area contributed by atoms with E-state index in [1.165, 1.54) is 48.0 Å². The standard InChI is InChI=1S/C16H23BrN2/c1-11-3-4-15(9-16(11)17)19-13-5-6-14(19)8-12(7-13)10-18-2/h3-4,9,12-14,18H,5-8,10H2,1-2H3. The second-order valence-electron chi connectivity index (χ2n) is 6.12. The van der Waals surface area contributed by atoms with E-state index in [0.29, 0.717) is 0 Å². The highest BCUT2D eigenvalue weighted by atomic mass is 79.9. The first-order valence-corrected chi connectivity index (χ1v) is 8.17. The number of piperidine rings is 1. The maximum atomic E-state index is 3.67. The van der Waals surface area contributed by atoms with Gasteiger partial charge in [0, 0.05) is 22.2 Å². The molecule has 0 saturated carbocycles. The van der Waals surface area contributed by atoms with Crippen LogP contribution in [0.25, 0.3) is 0 Å². The van der Waals surface area contributed by atoms with Gasteiger partial charge in [-0.25, -0.2) is 0 Å². The van der Waals surface area contributed by atoms with Gasteiger partial charge in [-0.15, -0.1) is 0 Å². The van der Waals surface area contributed by atoms with Gasteiger partial charge in [-0.1, -0.05) is 22.0 Å². The van der Waals surface area contributed by atoms with Gasteiger partial charge in [0.05, 0.1) is 0 Å². The van der Waals surface area contributed by atoms with Gasteiger partial charge in [0.2, 0.25) is 0 Å². The number of hydrogen-bond acceptors (Lipinski definition) is 2. The Kier molecular flexibility index (Phi) is 3.86. The van der Waals surface area contributed by atoms with Crippen molar-refractivity contribution in [3.63, 3.8) is 0 Å². The largest absolute Gasteiger partial charge is 0.366 e. The predicted molar refractivity (Wildman–Crippen MR) is 84.8 cm³/mol. The van der Waals surface area contributed by atoms with Crippen molar-refractivity contribution < 1.29 is 0 Å². The van der Waals surface area contributed by atoms with Gasteiger partial charge in [-0.05, 0) is 69.8 Å². The van der Waals surface area contributed by atoms with Crippen molar-refractivity contribution in [1.82, 2.24) is 5.32 Å². The molecule has 19 heavy (non-hydrogen) atoms. The summed E-state index contributed by atoms with van der Waals surface area (Å²) >= 11 is 3.67. The van der Waals surface area contributed by atoms with Gasteiger partial charge in [0.1, 0.15) is 0 Å². The lowest BCUT2D eigenvalue weighted by Gasteiger charge is -2.40. The van der Waals surface area contributed by atoms with Crippen molar-refractivity contribution >= 4 is 21.6 Å². The molecule has 1 aromatic carbocycles. The fourth-order valence-corrected chi connectivity index (χ4v) is 4.28. The molecule has 0 aromatic heterocycles. The van der Waals surface area contributed by atoms with E-state index in [1.54, 1.807) is 0 Å². The number of halogens is 1. The quantitative estimate of drug-likeness (QED) is 0.912. The van der Waals surface area contributed by atoms with Crippen LogP contribution in [0.3, 0.4) is 0 Å². The van der Waals surface area contributed by atoms with Crippen molar-refractivity contribution in [2.75, 3.05) is 18.5 Å². The molecule has 2 atom stereocenters. The SMILES string of the molecule is CNCC1CC2CCC(C1)N2c1ccc(C)c(Br)c1. The third kappa shape index (κ3) is 2.55. The maximum absolute atomic E-state index is 3.67. The van der Waals surface area contributed by atoms with Gasteiger partial charge in [0.25, 0.3) is 0 Å². The highest BCUT2D eigenvalue weighted by molar-refractivity contribution is 9.10. The third-order valence-corrected chi connectivity index (χ3v) is 5.63. The molecule has 2 saturated heterocycles. The molecule has 104 valence electrons. The molecule has 0 aliphatic carbocycles. The Hall–Kier alpha value is -0.540. The van der Waals surface area contributed by atoms with Crippen LogP contribution in [0.4, 0.5) is 5.69 Å². The fraction of sp³-hybridized carbons (Fsp3) is 0.625. The number of anilines is 1. The highest BCUT2D eigenvalue weighted by Gasteiger charge is 2.40. The first-order valence-electron chi connectivity index (χ1n) is 7.38. The Morgan fingerprint density at radius 2 is 1.95 bits per heavy atom. The van der Waals surface area contributed by atoms with Gasteiger partial charge < -0.3 is 10.2 Å².